The summed E-state index contributed by atoms with van der Waals surface area (Å²) >= 11 is 4.71. The highest BCUT2D eigenvalue weighted by atomic mass is 127. The van der Waals surface area contributed by atoms with Gasteiger partial charge in [0, 0.05) is 10.6 Å². The van der Waals surface area contributed by atoms with Gasteiger partial charge in [0.1, 0.15) is 0 Å². The lowest BCUT2D eigenvalue weighted by atomic mass is 9.66. The van der Waals surface area contributed by atoms with Gasteiger partial charge in [-0.05, 0) is 71.4 Å². The predicted molar refractivity (Wildman–Crippen MR) is 102 cm³/mol. The molecule has 6 rings (SSSR count). The van der Waals surface area contributed by atoms with Gasteiger partial charge in [0.2, 0.25) is 0 Å². The molecule has 1 fully saturated rings. The Morgan fingerprint density at radius 3 is 2.27 bits per heavy atom. The summed E-state index contributed by atoms with van der Waals surface area (Å²) in [5.74, 6) is 2.82. The van der Waals surface area contributed by atoms with Crippen molar-refractivity contribution < 1.29 is 0 Å². The van der Waals surface area contributed by atoms with E-state index < -0.39 is 0 Å². The van der Waals surface area contributed by atoms with Crippen LogP contribution in [0.15, 0.2) is 41.3 Å². The summed E-state index contributed by atoms with van der Waals surface area (Å²) in [6.45, 7) is 0. The van der Waals surface area contributed by atoms with Crippen molar-refractivity contribution in [3.05, 3.63) is 64.2 Å². The molecule has 1 heterocycles. The van der Waals surface area contributed by atoms with Crippen molar-refractivity contribution in [1.29, 1.82) is 0 Å². The number of hydrogen-bond acceptors (Lipinski definition) is 1. The van der Waals surface area contributed by atoms with Crippen LogP contribution in [0.4, 0.5) is 0 Å². The summed E-state index contributed by atoms with van der Waals surface area (Å²) in [7, 11) is 0. The molecule has 2 heteroatoms. The van der Waals surface area contributed by atoms with Crippen molar-refractivity contribution in [2.45, 2.75) is 52.1 Å². The quantitative estimate of drug-likeness (QED) is 0.344. The Balaban J connectivity index is 1.69. The van der Waals surface area contributed by atoms with Crippen molar-refractivity contribution in [1.82, 2.24) is 0 Å². The monoisotopic (exact) mass is 418 g/mol. The predicted octanol–water partition coefficient (Wildman–Crippen LogP) is 6.57. The van der Waals surface area contributed by atoms with Crippen LogP contribution in [-0.4, -0.2) is 0 Å². The van der Waals surface area contributed by atoms with Crippen LogP contribution >= 0.6 is 34.4 Å². The Morgan fingerprint density at radius 1 is 0.818 bits per heavy atom. The van der Waals surface area contributed by atoms with Gasteiger partial charge in [-0.3, -0.25) is 0 Å². The van der Waals surface area contributed by atoms with Gasteiger partial charge in [0.25, 0.3) is 0 Å². The zero-order valence-electron chi connectivity index (χ0n) is 12.5. The Hall–Kier alpha value is -0.480. The fraction of sp³-hybridized carbons (Fsp3) is 0.400. The average molecular weight is 418 g/mol. The maximum Gasteiger partial charge on any atom is 0.0622 e. The number of alkyl halides is 1. The van der Waals surface area contributed by atoms with Gasteiger partial charge < -0.3 is 0 Å². The smallest absolute Gasteiger partial charge is 0.0622 e. The van der Waals surface area contributed by atoms with E-state index in [0.717, 1.165) is 17.6 Å². The minimum atomic E-state index is 0.504. The lowest BCUT2D eigenvalue weighted by molar-refractivity contribution is 0.358. The first kappa shape index (κ1) is 13.9. The van der Waals surface area contributed by atoms with Crippen LogP contribution in [0.3, 0.4) is 0 Å². The van der Waals surface area contributed by atoms with Gasteiger partial charge in [0.15, 0.2) is 0 Å². The fourth-order valence-electron chi connectivity index (χ4n) is 4.61. The van der Waals surface area contributed by atoms with E-state index in [1.165, 1.54) is 36.8 Å². The van der Waals surface area contributed by atoms with Crippen molar-refractivity contribution in [2.75, 3.05) is 0 Å². The van der Waals surface area contributed by atoms with E-state index in [9.17, 15) is 0 Å². The highest BCUT2D eigenvalue weighted by Gasteiger charge is 2.34. The first-order chi connectivity index (χ1) is 10.8. The van der Waals surface area contributed by atoms with Gasteiger partial charge >= 0.3 is 0 Å². The molecule has 1 aliphatic heterocycles. The van der Waals surface area contributed by atoms with E-state index >= 15 is 0 Å². The number of hydrogen-bond donors (Lipinski definition) is 0. The average Bonchev–Trinajstić information content (AvgIpc) is 2.72. The lowest BCUT2D eigenvalue weighted by Gasteiger charge is -2.39. The molecule has 0 nitrogen and oxygen atoms in total. The molecule has 1 unspecified atom stereocenters. The zero-order valence-corrected chi connectivity index (χ0v) is 15.5. The van der Waals surface area contributed by atoms with E-state index in [0.29, 0.717) is 3.92 Å². The Labute approximate surface area is 150 Å². The van der Waals surface area contributed by atoms with Gasteiger partial charge in [-0.2, -0.15) is 0 Å². The molecule has 0 radical (unpaired) electrons. The van der Waals surface area contributed by atoms with Crippen LogP contribution in [0.25, 0.3) is 0 Å². The first-order valence-electron chi connectivity index (χ1n) is 8.33. The third kappa shape index (κ3) is 2.02. The van der Waals surface area contributed by atoms with Crippen LogP contribution in [0.2, 0.25) is 0 Å². The molecule has 2 aromatic rings. The summed E-state index contributed by atoms with van der Waals surface area (Å²) < 4.78 is 0.504. The van der Waals surface area contributed by atoms with Gasteiger partial charge in [-0.25, -0.2) is 0 Å². The minimum absolute atomic E-state index is 0.504. The Bertz CT molecular complexity index is 743. The molecule has 1 saturated carbocycles. The maximum atomic E-state index is 2.66. The molecular weight excluding hydrogens is 399 g/mol. The molecule has 0 saturated heterocycles. The minimum Gasteiger partial charge on any atom is -0.121 e. The standard InChI is InChI=1S/C20H19IS/c21-20-15-4-2-1-3-14(15)11-22-19-10-17-13-7-5-12(6-8-13)16(17)9-18(19)20/h1-4,9-10,12-13,20H,5-8,11H2. The van der Waals surface area contributed by atoms with Crippen molar-refractivity contribution in [3.8, 4) is 0 Å². The van der Waals surface area contributed by atoms with Gasteiger partial charge in [0.05, 0.1) is 3.92 Å². The SMILES string of the molecule is IC1c2ccccc2CSc2cc3c(cc21)C1CCC3CC1. The summed E-state index contributed by atoms with van der Waals surface area (Å²) in [4.78, 5) is 1.54. The van der Waals surface area contributed by atoms with Crippen molar-refractivity contribution in [2.24, 2.45) is 0 Å². The molecule has 0 amide bonds. The number of thioether (sulfide) groups is 1. The maximum absolute atomic E-state index is 2.66. The van der Waals surface area contributed by atoms with E-state index in [2.05, 4.69) is 70.8 Å². The van der Waals surface area contributed by atoms with E-state index in [4.69, 9.17) is 0 Å². The Kier molecular flexibility index (Phi) is 3.33. The molecule has 0 spiro atoms. The van der Waals surface area contributed by atoms with Crippen LogP contribution in [0.1, 0.15) is 69.3 Å². The molecule has 2 aromatic carbocycles. The number of fused-ring (bicyclic) bond motifs is 4. The van der Waals surface area contributed by atoms with Crippen molar-refractivity contribution >= 4 is 34.4 Å². The van der Waals surface area contributed by atoms with E-state index in [1.54, 1.807) is 21.6 Å². The molecule has 22 heavy (non-hydrogen) atoms. The molecular formula is C20H19IS. The third-order valence-electron chi connectivity index (χ3n) is 5.81. The largest absolute Gasteiger partial charge is 0.121 e. The number of rotatable bonds is 0. The second kappa shape index (κ2) is 5.27. The fourth-order valence-corrected chi connectivity index (χ4v) is 7.07. The van der Waals surface area contributed by atoms with Crippen molar-refractivity contribution in [3.63, 3.8) is 0 Å². The summed E-state index contributed by atoms with van der Waals surface area (Å²) in [5, 5.41) is 0. The van der Waals surface area contributed by atoms with E-state index in [-0.39, 0.29) is 0 Å². The molecule has 112 valence electrons. The van der Waals surface area contributed by atoms with E-state index in [1.807, 2.05) is 0 Å². The van der Waals surface area contributed by atoms with Crippen LogP contribution in [0, 0.1) is 0 Å². The van der Waals surface area contributed by atoms with Gasteiger partial charge in [-0.15, -0.1) is 11.8 Å². The lowest BCUT2D eigenvalue weighted by Crippen LogP contribution is -2.22. The van der Waals surface area contributed by atoms with Crippen LogP contribution in [0.5, 0.6) is 0 Å². The van der Waals surface area contributed by atoms with Crippen LogP contribution in [-0.2, 0) is 5.75 Å². The second-order valence-electron chi connectivity index (χ2n) is 6.92. The number of benzene rings is 2. The molecule has 4 aliphatic rings. The molecule has 0 aromatic heterocycles. The summed E-state index contributed by atoms with van der Waals surface area (Å²) in [6.07, 6.45) is 5.70. The Morgan fingerprint density at radius 2 is 1.50 bits per heavy atom. The first-order valence-corrected chi connectivity index (χ1v) is 10.6. The molecule has 1 atom stereocenters. The number of halogens is 1. The van der Waals surface area contributed by atoms with Crippen LogP contribution < -0.4 is 0 Å². The molecule has 0 N–H and O–H groups in total. The molecule has 2 bridgehead atoms. The summed E-state index contributed by atoms with van der Waals surface area (Å²) in [6, 6.07) is 14.2. The highest BCUT2D eigenvalue weighted by Crippen LogP contribution is 2.53. The summed E-state index contributed by atoms with van der Waals surface area (Å²) in [5.41, 5.74) is 8.01. The topological polar surface area (TPSA) is 0 Å². The highest BCUT2D eigenvalue weighted by molar-refractivity contribution is 14.1. The normalized spacial score (nSPS) is 28.5. The molecule has 3 aliphatic carbocycles. The second-order valence-corrected chi connectivity index (χ2v) is 9.18. The zero-order chi connectivity index (χ0) is 14.7. The van der Waals surface area contributed by atoms with Gasteiger partial charge in [-0.1, -0.05) is 52.9 Å². The third-order valence-corrected chi connectivity index (χ3v) is 8.27.